The summed E-state index contributed by atoms with van der Waals surface area (Å²) in [7, 11) is 0. The standard InChI is InChI=1S/C9H11Br2N/c10-5-6-12-7-8-1-3-9(11)4-2-8/h1-4,12H,5-7H2. The second-order valence-corrected chi connectivity index (χ2v) is 4.20. The van der Waals surface area contributed by atoms with Crippen LogP contribution in [0.2, 0.25) is 0 Å². The molecule has 0 aliphatic rings. The first-order chi connectivity index (χ1) is 5.83. The van der Waals surface area contributed by atoms with Crippen molar-refractivity contribution in [1.82, 2.24) is 5.32 Å². The summed E-state index contributed by atoms with van der Waals surface area (Å²) in [6, 6.07) is 8.35. The average Bonchev–Trinajstić information content (AvgIpc) is 2.09. The Morgan fingerprint density at radius 2 is 1.83 bits per heavy atom. The van der Waals surface area contributed by atoms with E-state index in [-0.39, 0.29) is 0 Å². The SMILES string of the molecule is BrCCNCc1ccc(Br)cc1. The van der Waals surface area contributed by atoms with Crippen LogP contribution in [0.5, 0.6) is 0 Å². The molecule has 0 saturated heterocycles. The Labute approximate surface area is 89.8 Å². The van der Waals surface area contributed by atoms with Crippen molar-refractivity contribution in [3.8, 4) is 0 Å². The first-order valence-electron chi connectivity index (χ1n) is 3.84. The van der Waals surface area contributed by atoms with Gasteiger partial charge in [-0.3, -0.25) is 0 Å². The largest absolute Gasteiger partial charge is 0.312 e. The van der Waals surface area contributed by atoms with Gasteiger partial charge in [0.1, 0.15) is 0 Å². The summed E-state index contributed by atoms with van der Waals surface area (Å²) < 4.78 is 1.13. The maximum absolute atomic E-state index is 3.40. The number of benzene rings is 1. The van der Waals surface area contributed by atoms with Crippen molar-refractivity contribution in [1.29, 1.82) is 0 Å². The number of halogens is 2. The Balaban J connectivity index is 2.37. The smallest absolute Gasteiger partial charge is 0.0205 e. The van der Waals surface area contributed by atoms with E-state index in [0.717, 1.165) is 22.9 Å². The van der Waals surface area contributed by atoms with E-state index in [1.807, 2.05) is 0 Å². The van der Waals surface area contributed by atoms with Crippen molar-refractivity contribution in [2.45, 2.75) is 6.54 Å². The molecular formula is C9H11Br2N. The van der Waals surface area contributed by atoms with Crippen LogP contribution in [0.1, 0.15) is 5.56 Å². The van der Waals surface area contributed by atoms with Gasteiger partial charge in [0.2, 0.25) is 0 Å². The molecule has 0 aliphatic heterocycles. The van der Waals surface area contributed by atoms with E-state index in [4.69, 9.17) is 0 Å². The maximum Gasteiger partial charge on any atom is 0.0205 e. The molecule has 1 aromatic rings. The molecule has 0 bridgehead atoms. The van der Waals surface area contributed by atoms with Gasteiger partial charge in [0, 0.05) is 22.9 Å². The molecule has 0 heterocycles. The summed E-state index contributed by atoms with van der Waals surface area (Å²) in [4.78, 5) is 0. The molecule has 0 atom stereocenters. The molecule has 0 aliphatic carbocycles. The van der Waals surface area contributed by atoms with Gasteiger partial charge in [-0.1, -0.05) is 44.0 Å². The van der Waals surface area contributed by atoms with E-state index < -0.39 is 0 Å². The zero-order valence-electron chi connectivity index (χ0n) is 6.69. The van der Waals surface area contributed by atoms with Gasteiger partial charge in [-0.15, -0.1) is 0 Å². The zero-order chi connectivity index (χ0) is 8.81. The van der Waals surface area contributed by atoms with Gasteiger partial charge in [-0.25, -0.2) is 0 Å². The van der Waals surface area contributed by atoms with E-state index in [1.165, 1.54) is 5.56 Å². The molecule has 3 heteroatoms. The van der Waals surface area contributed by atoms with E-state index in [9.17, 15) is 0 Å². The van der Waals surface area contributed by atoms with Crippen LogP contribution in [0.3, 0.4) is 0 Å². The monoisotopic (exact) mass is 291 g/mol. The number of hydrogen-bond acceptors (Lipinski definition) is 1. The van der Waals surface area contributed by atoms with Gasteiger partial charge in [0.05, 0.1) is 0 Å². The highest BCUT2D eigenvalue weighted by Gasteiger charge is 1.91. The van der Waals surface area contributed by atoms with Crippen molar-refractivity contribution in [3.05, 3.63) is 34.3 Å². The molecule has 0 amide bonds. The van der Waals surface area contributed by atoms with Gasteiger partial charge < -0.3 is 5.32 Å². The van der Waals surface area contributed by atoms with Gasteiger partial charge in [0.15, 0.2) is 0 Å². The Morgan fingerprint density at radius 1 is 1.17 bits per heavy atom. The Hall–Kier alpha value is 0.140. The summed E-state index contributed by atoms with van der Waals surface area (Å²) >= 11 is 6.76. The molecule has 0 spiro atoms. The lowest BCUT2D eigenvalue weighted by Gasteiger charge is -2.02. The van der Waals surface area contributed by atoms with Crippen LogP contribution in [0.15, 0.2) is 28.7 Å². The van der Waals surface area contributed by atoms with Crippen LogP contribution in [0, 0.1) is 0 Å². The van der Waals surface area contributed by atoms with E-state index in [2.05, 4.69) is 61.4 Å². The fraction of sp³-hybridized carbons (Fsp3) is 0.333. The minimum atomic E-state index is 0.943. The molecule has 0 fully saturated rings. The van der Waals surface area contributed by atoms with Crippen molar-refractivity contribution in [2.24, 2.45) is 0 Å². The Bertz CT molecular complexity index is 220. The van der Waals surface area contributed by atoms with Crippen molar-refractivity contribution >= 4 is 31.9 Å². The molecule has 1 N–H and O–H groups in total. The topological polar surface area (TPSA) is 12.0 Å². The van der Waals surface area contributed by atoms with Gasteiger partial charge in [-0.05, 0) is 17.7 Å². The van der Waals surface area contributed by atoms with Crippen LogP contribution < -0.4 is 5.32 Å². The Morgan fingerprint density at radius 3 is 2.42 bits per heavy atom. The lowest BCUT2D eigenvalue weighted by Crippen LogP contribution is -2.15. The normalized spacial score (nSPS) is 10.2. The van der Waals surface area contributed by atoms with Crippen molar-refractivity contribution in [2.75, 3.05) is 11.9 Å². The van der Waals surface area contributed by atoms with E-state index in [0.29, 0.717) is 0 Å². The summed E-state index contributed by atoms with van der Waals surface area (Å²) in [5, 5.41) is 4.31. The molecule has 66 valence electrons. The van der Waals surface area contributed by atoms with E-state index >= 15 is 0 Å². The molecular weight excluding hydrogens is 282 g/mol. The number of hydrogen-bond donors (Lipinski definition) is 1. The van der Waals surface area contributed by atoms with Crippen LogP contribution >= 0.6 is 31.9 Å². The minimum Gasteiger partial charge on any atom is -0.312 e. The van der Waals surface area contributed by atoms with Crippen molar-refractivity contribution < 1.29 is 0 Å². The lowest BCUT2D eigenvalue weighted by molar-refractivity contribution is 0.734. The molecule has 1 nitrogen and oxygen atoms in total. The second-order valence-electron chi connectivity index (χ2n) is 2.49. The summed E-state index contributed by atoms with van der Waals surface area (Å²) in [5.74, 6) is 0. The number of rotatable bonds is 4. The first kappa shape index (κ1) is 10.2. The molecule has 0 radical (unpaired) electrons. The van der Waals surface area contributed by atoms with Crippen molar-refractivity contribution in [3.63, 3.8) is 0 Å². The second kappa shape index (κ2) is 5.73. The quantitative estimate of drug-likeness (QED) is 0.665. The molecule has 0 saturated carbocycles. The predicted molar refractivity (Wildman–Crippen MR) is 59.6 cm³/mol. The van der Waals surface area contributed by atoms with E-state index in [1.54, 1.807) is 0 Å². The average molecular weight is 293 g/mol. The molecule has 0 unspecified atom stereocenters. The fourth-order valence-corrected chi connectivity index (χ4v) is 1.45. The molecule has 0 aromatic heterocycles. The van der Waals surface area contributed by atoms with Crippen LogP contribution in [-0.2, 0) is 6.54 Å². The zero-order valence-corrected chi connectivity index (χ0v) is 9.86. The molecule has 1 rings (SSSR count). The van der Waals surface area contributed by atoms with Crippen LogP contribution in [0.4, 0.5) is 0 Å². The van der Waals surface area contributed by atoms with Gasteiger partial charge in [-0.2, -0.15) is 0 Å². The molecule has 12 heavy (non-hydrogen) atoms. The lowest BCUT2D eigenvalue weighted by atomic mass is 10.2. The minimum absolute atomic E-state index is 0.943. The highest BCUT2D eigenvalue weighted by atomic mass is 79.9. The summed E-state index contributed by atoms with van der Waals surface area (Å²) in [6.07, 6.45) is 0. The third-order valence-electron chi connectivity index (χ3n) is 1.51. The van der Waals surface area contributed by atoms with Crippen LogP contribution in [-0.4, -0.2) is 11.9 Å². The third-order valence-corrected chi connectivity index (χ3v) is 2.44. The fourth-order valence-electron chi connectivity index (χ4n) is 0.902. The molecule has 1 aromatic carbocycles. The summed E-state index contributed by atoms with van der Waals surface area (Å²) in [5.41, 5.74) is 1.32. The third kappa shape index (κ3) is 3.70. The maximum atomic E-state index is 3.40. The predicted octanol–water partition coefficient (Wildman–Crippen LogP) is 2.93. The summed E-state index contributed by atoms with van der Waals surface area (Å²) in [6.45, 7) is 1.95. The van der Waals surface area contributed by atoms with Crippen LogP contribution in [0.25, 0.3) is 0 Å². The van der Waals surface area contributed by atoms with Gasteiger partial charge in [0.25, 0.3) is 0 Å². The first-order valence-corrected chi connectivity index (χ1v) is 5.75. The highest BCUT2D eigenvalue weighted by molar-refractivity contribution is 9.10. The number of nitrogens with one attached hydrogen (secondary N) is 1. The highest BCUT2D eigenvalue weighted by Crippen LogP contribution is 2.09. The Kier molecular flexibility index (Phi) is 4.88. The number of alkyl halides is 1. The van der Waals surface area contributed by atoms with Gasteiger partial charge >= 0.3 is 0 Å².